The van der Waals surface area contributed by atoms with Crippen LogP contribution in [0.15, 0.2) is 77.3 Å². The molecule has 7 nitrogen and oxygen atoms in total. The highest BCUT2D eigenvalue weighted by molar-refractivity contribution is 9.10. The molecule has 0 aromatic heterocycles. The lowest BCUT2D eigenvalue weighted by Crippen LogP contribution is -2.55. The van der Waals surface area contributed by atoms with Gasteiger partial charge in [-0.15, -0.1) is 0 Å². The Balaban J connectivity index is 1.70. The first-order valence-corrected chi connectivity index (χ1v) is 12.5. The molecule has 4 rings (SSSR count). The number of aliphatic carboxylic acids is 1. The van der Waals surface area contributed by atoms with E-state index < -0.39 is 36.4 Å². The van der Waals surface area contributed by atoms with Crippen LogP contribution < -0.4 is 0 Å². The first-order chi connectivity index (χ1) is 17.7. The van der Waals surface area contributed by atoms with Crippen molar-refractivity contribution in [2.45, 2.75) is 25.2 Å². The van der Waals surface area contributed by atoms with Gasteiger partial charge in [-0.2, -0.15) is 0 Å². The molecule has 3 aromatic rings. The number of hydrogen-bond acceptors (Lipinski definition) is 4. The summed E-state index contributed by atoms with van der Waals surface area (Å²) in [4.78, 5) is 41.1. The molecule has 0 bridgehead atoms. The molecule has 3 aromatic carbocycles. The van der Waals surface area contributed by atoms with E-state index in [1.807, 2.05) is 6.07 Å². The maximum atomic E-state index is 14.6. The van der Waals surface area contributed by atoms with E-state index in [9.17, 15) is 23.9 Å². The Morgan fingerprint density at radius 1 is 1.11 bits per heavy atom. The molecule has 1 saturated heterocycles. The maximum absolute atomic E-state index is 14.6. The number of carboxylic acids is 1. The number of halogens is 3. The number of hydrogen-bond donors (Lipinski definition) is 1. The van der Waals surface area contributed by atoms with Crippen LogP contribution in [-0.4, -0.2) is 51.9 Å². The van der Waals surface area contributed by atoms with Crippen molar-refractivity contribution in [2.24, 2.45) is 0 Å². The van der Waals surface area contributed by atoms with Gasteiger partial charge in [0.15, 0.2) is 6.10 Å². The molecular weight excluding hydrogens is 567 g/mol. The second-order valence-electron chi connectivity index (χ2n) is 8.56. The predicted octanol–water partition coefficient (Wildman–Crippen LogP) is 4.82. The number of carbonyl (C=O) groups excluding carboxylic acids is 2. The van der Waals surface area contributed by atoms with Crippen LogP contribution in [0, 0.1) is 5.82 Å². The number of benzene rings is 3. The normalized spacial score (nSPS) is 17.5. The van der Waals surface area contributed by atoms with Crippen LogP contribution in [0.25, 0.3) is 0 Å². The average molecular weight is 590 g/mol. The Labute approximate surface area is 226 Å². The first kappa shape index (κ1) is 26.8. The molecule has 1 aliphatic heterocycles. The number of carboxylic acid groups (broad SMARTS) is 1. The van der Waals surface area contributed by atoms with Crippen LogP contribution >= 0.6 is 27.5 Å². The molecular formula is C27H23BrClFN2O5. The maximum Gasteiger partial charge on any atom is 0.323 e. The Morgan fingerprint density at radius 3 is 2.54 bits per heavy atom. The highest BCUT2D eigenvalue weighted by atomic mass is 79.9. The van der Waals surface area contributed by atoms with Crippen molar-refractivity contribution in [2.75, 3.05) is 13.2 Å². The summed E-state index contributed by atoms with van der Waals surface area (Å²) in [5.74, 6) is -2.84. The SMILES string of the molecule is O=C(O)CN(Cc1ccc(Br)cc1F)C(=O)[C@H]1OCC(=O)N(Cc2cccc(Cl)c2)[C@@H]1c1ccccc1. The molecule has 0 saturated carbocycles. The van der Waals surface area contributed by atoms with Crippen molar-refractivity contribution in [1.82, 2.24) is 9.80 Å². The van der Waals surface area contributed by atoms with E-state index in [2.05, 4.69) is 15.9 Å². The van der Waals surface area contributed by atoms with Gasteiger partial charge >= 0.3 is 5.97 Å². The Kier molecular flexibility index (Phi) is 8.58. The molecule has 0 aliphatic carbocycles. The van der Waals surface area contributed by atoms with Crippen molar-refractivity contribution in [3.63, 3.8) is 0 Å². The summed E-state index contributed by atoms with van der Waals surface area (Å²) in [5, 5.41) is 10.0. The standard InChI is InChI=1S/C27H23BrClFN2O5/c28-20-10-9-19(22(30)12-20)14-31(15-24(34)35)27(36)26-25(18-6-2-1-3-7-18)32(23(33)16-37-26)13-17-5-4-8-21(29)11-17/h1-12,25-26H,13-16H2,(H,34,35)/t25-,26+/m1/s1. The van der Waals surface area contributed by atoms with E-state index in [0.717, 1.165) is 10.5 Å². The van der Waals surface area contributed by atoms with Gasteiger partial charge in [0, 0.05) is 28.1 Å². The molecule has 37 heavy (non-hydrogen) atoms. The molecule has 0 radical (unpaired) electrons. The smallest absolute Gasteiger partial charge is 0.323 e. The minimum Gasteiger partial charge on any atom is -0.480 e. The molecule has 2 amide bonds. The summed E-state index contributed by atoms with van der Waals surface area (Å²) >= 11 is 9.33. The van der Waals surface area contributed by atoms with Gasteiger partial charge in [0.2, 0.25) is 5.91 Å². The van der Waals surface area contributed by atoms with Gasteiger partial charge in [-0.3, -0.25) is 14.4 Å². The van der Waals surface area contributed by atoms with Crippen LogP contribution in [0.1, 0.15) is 22.7 Å². The average Bonchev–Trinajstić information content (AvgIpc) is 2.86. The van der Waals surface area contributed by atoms with Crippen molar-refractivity contribution in [1.29, 1.82) is 0 Å². The van der Waals surface area contributed by atoms with E-state index in [-0.39, 0.29) is 31.2 Å². The van der Waals surface area contributed by atoms with Gasteiger partial charge in [-0.05, 0) is 35.4 Å². The van der Waals surface area contributed by atoms with E-state index in [0.29, 0.717) is 15.1 Å². The molecule has 10 heteroatoms. The zero-order chi connectivity index (χ0) is 26.5. The summed E-state index contributed by atoms with van der Waals surface area (Å²) in [7, 11) is 0. The van der Waals surface area contributed by atoms with Crippen molar-refractivity contribution < 1.29 is 28.6 Å². The molecule has 1 N–H and O–H groups in total. The number of ether oxygens (including phenoxy) is 1. The van der Waals surface area contributed by atoms with Gasteiger partial charge in [0.05, 0.1) is 6.04 Å². The minimum atomic E-state index is -1.26. The monoisotopic (exact) mass is 588 g/mol. The quantitative estimate of drug-likeness (QED) is 0.407. The second-order valence-corrected chi connectivity index (χ2v) is 9.91. The van der Waals surface area contributed by atoms with Crippen LogP contribution in [-0.2, 0) is 32.2 Å². The molecule has 192 valence electrons. The number of morpholine rings is 1. The number of rotatable bonds is 8. The fraction of sp³-hybridized carbons (Fsp3) is 0.222. The lowest BCUT2D eigenvalue weighted by molar-refractivity contribution is -0.172. The van der Waals surface area contributed by atoms with Gasteiger partial charge in [-0.25, -0.2) is 4.39 Å². The third-order valence-corrected chi connectivity index (χ3v) is 6.70. The molecule has 0 spiro atoms. The van der Waals surface area contributed by atoms with Crippen molar-refractivity contribution >= 4 is 45.3 Å². The molecule has 1 aliphatic rings. The predicted molar refractivity (Wildman–Crippen MR) is 138 cm³/mol. The third-order valence-electron chi connectivity index (χ3n) is 5.97. The van der Waals surface area contributed by atoms with Crippen molar-refractivity contribution in [3.8, 4) is 0 Å². The van der Waals surface area contributed by atoms with Gasteiger partial charge in [-0.1, -0.05) is 76.1 Å². The summed E-state index contributed by atoms with van der Waals surface area (Å²) in [5.41, 5.74) is 1.55. The fourth-order valence-electron chi connectivity index (χ4n) is 4.29. The zero-order valence-electron chi connectivity index (χ0n) is 19.5. The van der Waals surface area contributed by atoms with Gasteiger partial charge in [0.1, 0.15) is 19.0 Å². The summed E-state index contributed by atoms with van der Waals surface area (Å²) < 4.78 is 20.8. The molecule has 1 fully saturated rings. The van der Waals surface area contributed by atoms with E-state index in [1.165, 1.54) is 17.0 Å². The topological polar surface area (TPSA) is 87.1 Å². The zero-order valence-corrected chi connectivity index (χ0v) is 21.9. The van der Waals surface area contributed by atoms with Crippen LogP contribution in [0.4, 0.5) is 4.39 Å². The molecule has 1 heterocycles. The molecule has 0 unspecified atom stereocenters. The number of carbonyl (C=O) groups is 3. The fourth-order valence-corrected chi connectivity index (χ4v) is 4.84. The van der Waals surface area contributed by atoms with Gasteiger partial charge < -0.3 is 19.6 Å². The highest BCUT2D eigenvalue weighted by Crippen LogP contribution is 2.33. The van der Waals surface area contributed by atoms with Crippen LogP contribution in [0.3, 0.4) is 0 Å². The highest BCUT2D eigenvalue weighted by Gasteiger charge is 2.43. The first-order valence-electron chi connectivity index (χ1n) is 11.4. The molecule has 2 atom stereocenters. The Morgan fingerprint density at radius 2 is 1.86 bits per heavy atom. The van der Waals surface area contributed by atoms with E-state index in [4.69, 9.17) is 16.3 Å². The summed E-state index contributed by atoms with van der Waals surface area (Å²) in [6, 6.07) is 19.4. The second kappa shape index (κ2) is 11.9. The van der Waals surface area contributed by atoms with Gasteiger partial charge in [0.25, 0.3) is 5.91 Å². The lowest BCUT2D eigenvalue weighted by atomic mass is 9.95. The minimum absolute atomic E-state index is 0.150. The van der Waals surface area contributed by atoms with Crippen LogP contribution in [0.5, 0.6) is 0 Å². The van der Waals surface area contributed by atoms with E-state index >= 15 is 0 Å². The largest absolute Gasteiger partial charge is 0.480 e. The van der Waals surface area contributed by atoms with Crippen molar-refractivity contribution in [3.05, 3.63) is 105 Å². The summed E-state index contributed by atoms with van der Waals surface area (Å²) in [6.07, 6.45) is -1.21. The number of nitrogens with zero attached hydrogens (tertiary/aromatic N) is 2. The Hall–Kier alpha value is -3.27. The number of amides is 2. The lowest BCUT2D eigenvalue weighted by Gasteiger charge is -2.42. The summed E-state index contributed by atoms with van der Waals surface area (Å²) in [6.45, 7) is -1.16. The Bertz CT molecular complexity index is 1310. The third kappa shape index (κ3) is 6.54. The van der Waals surface area contributed by atoms with E-state index in [1.54, 1.807) is 54.6 Å². The van der Waals surface area contributed by atoms with Crippen LogP contribution in [0.2, 0.25) is 5.02 Å².